The maximum atomic E-state index is 2.46. The standard InChI is InChI=1S/C37H41.2ClH.Zr/c1-23(2)22-37(8,9)27-16-17-29-26(20-27)21-33-31(29)18-19-34(36(5,6)7)35(33)32-15-11-14-30(32)28-13-10-12-24(3)25(28)4;;;/h10-22,32H,1-9H3;2*1H;/q-1;;;+3/p-2. The Labute approximate surface area is 273 Å². The third-order valence-electron chi connectivity index (χ3n) is 8.27. The summed E-state index contributed by atoms with van der Waals surface area (Å²) >= 11 is 0. The molecule has 0 bridgehead atoms. The molecule has 0 nitrogen and oxygen atoms in total. The Morgan fingerprint density at radius 2 is 1.55 bits per heavy atom. The molecule has 1 aliphatic rings. The normalized spacial score (nSPS) is 14.8. The number of fused-ring (bicyclic) bond motifs is 3. The summed E-state index contributed by atoms with van der Waals surface area (Å²) in [6.45, 7) is 20.5. The van der Waals surface area contributed by atoms with Crippen molar-refractivity contribution in [3.05, 3.63) is 118 Å². The van der Waals surface area contributed by atoms with E-state index >= 15 is 0 Å². The van der Waals surface area contributed by atoms with Gasteiger partial charge in [0.2, 0.25) is 0 Å². The van der Waals surface area contributed by atoms with E-state index in [-0.39, 0.29) is 67.8 Å². The van der Waals surface area contributed by atoms with Crippen molar-refractivity contribution in [2.45, 2.75) is 79.1 Å². The van der Waals surface area contributed by atoms with Crippen molar-refractivity contribution in [2.75, 3.05) is 0 Å². The van der Waals surface area contributed by atoms with E-state index in [1.54, 1.807) is 0 Å². The second-order valence-electron chi connectivity index (χ2n) is 12.9. The smallest absolute Gasteiger partial charge is 1.00 e. The van der Waals surface area contributed by atoms with Gasteiger partial charge in [-0.2, -0.15) is 0 Å². The first-order chi connectivity index (χ1) is 17.4. The minimum Gasteiger partial charge on any atom is -1.00 e. The molecule has 0 N–H and O–H groups in total. The molecule has 0 amide bonds. The topological polar surface area (TPSA) is 0 Å². The third-order valence-corrected chi connectivity index (χ3v) is 8.27. The Morgan fingerprint density at radius 1 is 0.875 bits per heavy atom. The molecule has 0 fully saturated rings. The number of hydrogen-bond acceptors (Lipinski definition) is 0. The molecule has 5 rings (SSSR count). The number of halogens is 2. The number of aryl methyl sites for hydroxylation is 1. The Kier molecular flexibility index (Phi) is 10.8. The third kappa shape index (κ3) is 6.18. The first-order valence-corrected chi connectivity index (χ1v) is 13.7. The second-order valence-corrected chi connectivity index (χ2v) is 12.9. The van der Waals surface area contributed by atoms with E-state index in [0.29, 0.717) is 0 Å². The van der Waals surface area contributed by atoms with Crippen LogP contribution in [-0.2, 0) is 37.0 Å². The SMILES string of the molecule is CC(C)=CC(C)(C)c1ccc2c(c1)[cH-]c1c(C3C=CC=C3c3cccc(C)c3C)c(C(C)(C)C)ccc12.[Cl-].[Cl-].[Zr+3]. The van der Waals surface area contributed by atoms with E-state index in [4.69, 9.17) is 0 Å². The van der Waals surface area contributed by atoms with Crippen molar-refractivity contribution in [1.82, 2.24) is 0 Å². The molecular weight excluding hydrogens is 607 g/mol. The number of rotatable bonds is 4. The second kappa shape index (κ2) is 12.6. The Balaban J connectivity index is 0.00000187. The van der Waals surface area contributed by atoms with Crippen LogP contribution in [0.4, 0.5) is 0 Å². The quantitative estimate of drug-likeness (QED) is 0.224. The average molecular weight is 648 g/mol. The summed E-state index contributed by atoms with van der Waals surface area (Å²) in [5, 5.41) is 5.46. The van der Waals surface area contributed by atoms with Gasteiger partial charge in [0.15, 0.2) is 0 Å². The van der Waals surface area contributed by atoms with Gasteiger partial charge in [-0.15, -0.1) is 33.7 Å². The maximum Gasteiger partial charge on any atom is 3.00 e. The van der Waals surface area contributed by atoms with Gasteiger partial charge < -0.3 is 24.8 Å². The molecule has 1 aliphatic carbocycles. The van der Waals surface area contributed by atoms with Crippen LogP contribution in [0.1, 0.15) is 87.8 Å². The van der Waals surface area contributed by atoms with Gasteiger partial charge in [0.05, 0.1) is 0 Å². The van der Waals surface area contributed by atoms with Crippen LogP contribution in [0, 0.1) is 13.8 Å². The van der Waals surface area contributed by atoms with Gasteiger partial charge in [-0.3, -0.25) is 0 Å². The molecule has 1 radical (unpaired) electrons. The fourth-order valence-corrected chi connectivity index (χ4v) is 6.36. The van der Waals surface area contributed by atoms with Gasteiger partial charge in [0, 0.05) is 11.3 Å². The van der Waals surface area contributed by atoms with Gasteiger partial charge in [-0.1, -0.05) is 124 Å². The van der Waals surface area contributed by atoms with Crippen LogP contribution in [-0.4, -0.2) is 0 Å². The molecule has 4 aromatic rings. The molecular formula is C37H41Cl2Zr. The number of allylic oxidation sites excluding steroid dienone is 6. The summed E-state index contributed by atoms with van der Waals surface area (Å²) in [6.07, 6.45) is 9.38. The van der Waals surface area contributed by atoms with Crippen LogP contribution < -0.4 is 24.8 Å². The van der Waals surface area contributed by atoms with Crippen molar-refractivity contribution in [1.29, 1.82) is 0 Å². The summed E-state index contributed by atoms with van der Waals surface area (Å²) in [7, 11) is 0. The molecule has 4 aromatic carbocycles. The molecule has 0 aliphatic heterocycles. The van der Waals surface area contributed by atoms with Crippen molar-refractivity contribution in [3.8, 4) is 0 Å². The van der Waals surface area contributed by atoms with E-state index < -0.39 is 0 Å². The first kappa shape index (κ1) is 34.4. The van der Waals surface area contributed by atoms with Crippen LogP contribution >= 0.6 is 0 Å². The average Bonchev–Trinajstić information content (AvgIpc) is 3.43. The van der Waals surface area contributed by atoms with Crippen LogP contribution in [0.3, 0.4) is 0 Å². The van der Waals surface area contributed by atoms with E-state index in [0.717, 1.165) is 0 Å². The molecule has 0 spiro atoms. The van der Waals surface area contributed by atoms with Gasteiger partial charge in [-0.25, -0.2) is 0 Å². The molecule has 0 saturated heterocycles. The molecule has 3 heteroatoms. The van der Waals surface area contributed by atoms with E-state index in [1.165, 1.54) is 66.1 Å². The molecule has 0 heterocycles. The van der Waals surface area contributed by atoms with E-state index in [1.807, 2.05) is 0 Å². The molecule has 1 atom stereocenters. The summed E-state index contributed by atoms with van der Waals surface area (Å²) < 4.78 is 0. The Bertz CT molecular complexity index is 1620. The van der Waals surface area contributed by atoms with Gasteiger partial charge in [-0.05, 0) is 55.4 Å². The zero-order valence-corrected chi connectivity index (χ0v) is 29.3. The van der Waals surface area contributed by atoms with Crippen LogP contribution in [0.15, 0.2) is 84.5 Å². The minimum absolute atomic E-state index is 0. The minimum atomic E-state index is 0. The fourth-order valence-electron chi connectivity index (χ4n) is 6.36. The van der Waals surface area contributed by atoms with Crippen LogP contribution in [0.2, 0.25) is 0 Å². The molecule has 0 saturated carbocycles. The molecule has 1 unspecified atom stereocenters. The fraction of sp³-hybridized carbons (Fsp3) is 0.324. The summed E-state index contributed by atoms with van der Waals surface area (Å²) in [5.74, 6) is 0.247. The molecule has 207 valence electrons. The van der Waals surface area contributed by atoms with Crippen LogP contribution in [0.25, 0.3) is 27.1 Å². The summed E-state index contributed by atoms with van der Waals surface area (Å²) in [4.78, 5) is 0. The Morgan fingerprint density at radius 3 is 2.20 bits per heavy atom. The zero-order valence-electron chi connectivity index (χ0n) is 25.3. The predicted molar refractivity (Wildman–Crippen MR) is 164 cm³/mol. The van der Waals surface area contributed by atoms with Crippen molar-refractivity contribution in [3.63, 3.8) is 0 Å². The van der Waals surface area contributed by atoms with Crippen molar-refractivity contribution >= 4 is 27.1 Å². The maximum absolute atomic E-state index is 2.46. The number of benzene rings is 3. The number of hydrogen-bond donors (Lipinski definition) is 0. The summed E-state index contributed by atoms with van der Waals surface area (Å²) in [6, 6.07) is 21.0. The van der Waals surface area contributed by atoms with Crippen LogP contribution in [0.5, 0.6) is 0 Å². The molecule has 40 heavy (non-hydrogen) atoms. The Hall–Kier alpha value is -1.79. The van der Waals surface area contributed by atoms with Gasteiger partial charge >= 0.3 is 26.2 Å². The molecule has 0 aromatic heterocycles. The van der Waals surface area contributed by atoms with Gasteiger partial charge in [0.1, 0.15) is 0 Å². The zero-order chi connectivity index (χ0) is 26.7. The predicted octanol–water partition coefficient (Wildman–Crippen LogP) is 4.61. The summed E-state index contributed by atoms with van der Waals surface area (Å²) in [5.41, 5.74) is 11.2. The van der Waals surface area contributed by atoms with E-state index in [2.05, 4.69) is 141 Å². The first-order valence-electron chi connectivity index (χ1n) is 13.7. The van der Waals surface area contributed by atoms with Crippen molar-refractivity contribution < 1.29 is 51.0 Å². The van der Waals surface area contributed by atoms with E-state index in [9.17, 15) is 0 Å². The largest absolute Gasteiger partial charge is 3.00 e. The van der Waals surface area contributed by atoms with Crippen molar-refractivity contribution in [2.24, 2.45) is 0 Å². The monoisotopic (exact) mass is 645 g/mol. The van der Waals surface area contributed by atoms with Gasteiger partial charge in [0.25, 0.3) is 0 Å².